The van der Waals surface area contributed by atoms with Crippen molar-refractivity contribution in [2.24, 2.45) is 4.99 Å². The third kappa shape index (κ3) is 7.48. The van der Waals surface area contributed by atoms with E-state index in [-0.39, 0.29) is 12.3 Å². The molecule has 8 heteroatoms. The number of hydrogen-bond donors (Lipinski definition) is 2. The van der Waals surface area contributed by atoms with Crippen molar-refractivity contribution in [1.82, 2.24) is 14.9 Å². The summed E-state index contributed by atoms with van der Waals surface area (Å²) in [5.74, 6) is 0.666. The molecular weight excluding hydrogens is 364 g/mol. The number of sulfonamides is 1. The van der Waals surface area contributed by atoms with E-state index < -0.39 is 10.0 Å². The van der Waals surface area contributed by atoms with E-state index in [0.29, 0.717) is 32.3 Å². The van der Waals surface area contributed by atoms with Crippen molar-refractivity contribution in [1.29, 1.82) is 0 Å². The predicted molar refractivity (Wildman–Crippen MR) is 110 cm³/mol. The Morgan fingerprint density at radius 3 is 2.44 bits per heavy atom. The van der Waals surface area contributed by atoms with Crippen molar-refractivity contribution < 1.29 is 13.2 Å². The van der Waals surface area contributed by atoms with Crippen molar-refractivity contribution in [3.63, 3.8) is 0 Å². The largest absolute Gasteiger partial charge is 0.379 e. The van der Waals surface area contributed by atoms with Gasteiger partial charge in [-0.05, 0) is 32.8 Å². The number of aliphatic imine (C=N–C) groups is 1. The van der Waals surface area contributed by atoms with E-state index in [1.165, 1.54) is 21.0 Å². The lowest BCUT2D eigenvalue weighted by atomic mass is 10.1. The maximum absolute atomic E-state index is 12.3. The fraction of sp³-hybridized carbons (Fsp3) is 0.632. The molecule has 0 spiro atoms. The van der Waals surface area contributed by atoms with Gasteiger partial charge in [-0.3, -0.25) is 4.99 Å². The Morgan fingerprint density at radius 1 is 1.15 bits per heavy atom. The number of benzene rings is 1. The Kier molecular flexibility index (Phi) is 8.53. The SMILES string of the molecule is CCNC(=NCCS(=O)(=O)N1CCOCC1)NCCc1cc(C)cc(C)c1. The monoisotopic (exact) mass is 396 g/mol. The third-order valence-corrected chi connectivity index (χ3v) is 6.16. The zero-order valence-electron chi connectivity index (χ0n) is 16.6. The molecule has 1 aliphatic rings. The fourth-order valence-corrected chi connectivity index (χ4v) is 4.39. The van der Waals surface area contributed by atoms with Gasteiger partial charge < -0.3 is 15.4 Å². The zero-order valence-corrected chi connectivity index (χ0v) is 17.4. The molecule has 1 aliphatic heterocycles. The van der Waals surface area contributed by atoms with Gasteiger partial charge in [0.15, 0.2) is 5.96 Å². The summed E-state index contributed by atoms with van der Waals surface area (Å²) in [6.45, 7) is 9.69. The molecule has 1 aromatic rings. The van der Waals surface area contributed by atoms with Crippen molar-refractivity contribution in [3.8, 4) is 0 Å². The summed E-state index contributed by atoms with van der Waals surface area (Å²) >= 11 is 0. The zero-order chi connectivity index (χ0) is 19.7. The fourth-order valence-electron chi connectivity index (χ4n) is 3.11. The quantitative estimate of drug-likeness (QED) is 0.507. The van der Waals surface area contributed by atoms with Crippen LogP contribution in [-0.2, 0) is 21.2 Å². The molecule has 7 nitrogen and oxygen atoms in total. The lowest BCUT2D eigenvalue weighted by Gasteiger charge is -2.25. The highest BCUT2D eigenvalue weighted by molar-refractivity contribution is 7.89. The summed E-state index contributed by atoms with van der Waals surface area (Å²) < 4.78 is 31.4. The summed E-state index contributed by atoms with van der Waals surface area (Å²) in [7, 11) is -3.28. The van der Waals surface area contributed by atoms with Crippen LogP contribution in [0.25, 0.3) is 0 Å². The lowest BCUT2D eigenvalue weighted by molar-refractivity contribution is 0.0731. The number of guanidine groups is 1. The first kappa shape index (κ1) is 21.7. The van der Waals surface area contributed by atoms with Gasteiger partial charge in [0.2, 0.25) is 10.0 Å². The van der Waals surface area contributed by atoms with Crippen LogP contribution in [0.4, 0.5) is 0 Å². The van der Waals surface area contributed by atoms with Gasteiger partial charge >= 0.3 is 0 Å². The third-order valence-electron chi connectivity index (χ3n) is 4.31. The van der Waals surface area contributed by atoms with E-state index in [1.54, 1.807) is 0 Å². The summed E-state index contributed by atoms with van der Waals surface area (Å²) in [4.78, 5) is 4.42. The van der Waals surface area contributed by atoms with Crippen LogP contribution < -0.4 is 10.6 Å². The van der Waals surface area contributed by atoms with Crippen molar-refractivity contribution in [2.45, 2.75) is 27.2 Å². The van der Waals surface area contributed by atoms with Crippen LogP contribution in [0.1, 0.15) is 23.6 Å². The molecule has 1 saturated heterocycles. The average Bonchev–Trinajstić information content (AvgIpc) is 2.61. The van der Waals surface area contributed by atoms with E-state index in [1.807, 2.05) is 6.92 Å². The second-order valence-electron chi connectivity index (χ2n) is 6.76. The summed E-state index contributed by atoms with van der Waals surface area (Å²) in [6, 6.07) is 6.54. The van der Waals surface area contributed by atoms with Gasteiger partial charge in [0.1, 0.15) is 0 Å². The Hall–Kier alpha value is -1.64. The van der Waals surface area contributed by atoms with Crippen LogP contribution in [0.5, 0.6) is 0 Å². The molecule has 0 aliphatic carbocycles. The number of morpholine rings is 1. The molecule has 2 rings (SSSR count). The standard InChI is InChI=1S/C19H32N4O3S/c1-4-20-19(21-6-5-18-14-16(2)13-17(3)15-18)22-7-12-27(24,25)23-8-10-26-11-9-23/h13-15H,4-12H2,1-3H3,(H2,20,21,22). The molecule has 1 aromatic carbocycles. The predicted octanol–water partition coefficient (Wildman–Crippen LogP) is 1.06. The second kappa shape index (κ2) is 10.6. The molecule has 1 heterocycles. The number of nitrogens with zero attached hydrogens (tertiary/aromatic N) is 2. The summed E-state index contributed by atoms with van der Waals surface area (Å²) in [5, 5.41) is 6.45. The van der Waals surface area contributed by atoms with E-state index in [4.69, 9.17) is 4.74 Å². The molecule has 0 bridgehead atoms. The summed E-state index contributed by atoms with van der Waals surface area (Å²) in [5.41, 5.74) is 3.81. The molecule has 0 aromatic heterocycles. The molecule has 0 unspecified atom stereocenters. The van der Waals surface area contributed by atoms with Gasteiger partial charge in [-0.1, -0.05) is 29.3 Å². The first-order chi connectivity index (χ1) is 12.9. The topological polar surface area (TPSA) is 83.0 Å². The van der Waals surface area contributed by atoms with Crippen LogP contribution in [0.15, 0.2) is 23.2 Å². The minimum absolute atomic E-state index is 0.0145. The van der Waals surface area contributed by atoms with E-state index in [9.17, 15) is 8.42 Å². The Morgan fingerprint density at radius 2 is 1.81 bits per heavy atom. The number of nitrogens with one attached hydrogen (secondary N) is 2. The van der Waals surface area contributed by atoms with Crippen LogP contribution in [0, 0.1) is 13.8 Å². The highest BCUT2D eigenvalue weighted by Crippen LogP contribution is 2.09. The van der Waals surface area contributed by atoms with Crippen molar-refractivity contribution in [3.05, 3.63) is 34.9 Å². The minimum atomic E-state index is -3.28. The van der Waals surface area contributed by atoms with Crippen molar-refractivity contribution >= 4 is 16.0 Å². The molecule has 2 N–H and O–H groups in total. The van der Waals surface area contributed by atoms with Gasteiger partial charge in [-0.2, -0.15) is 4.31 Å². The van der Waals surface area contributed by atoms with E-state index >= 15 is 0 Å². The maximum atomic E-state index is 12.3. The number of hydrogen-bond acceptors (Lipinski definition) is 4. The highest BCUT2D eigenvalue weighted by atomic mass is 32.2. The molecule has 0 saturated carbocycles. The Bertz CT molecular complexity index is 708. The number of ether oxygens (including phenoxy) is 1. The second-order valence-corrected chi connectivity index (χ2v) is 8.85. The average molecular weight is 397 g/mol. The number of rotatable bonds is 8. The molecule has 1 fully saturated rings. The molecule has 0 radical (unpaired) electrons. The van der Waals surface area contributed by atoms with Gasteiger partial charge in [0, 0.05) is 26.2 Å². The van der Waals surface area contributed by atoms with Crippen LogP contribution >= 0.6 is 0 Å². The minimum Gasteiger partial charge on any atom is -0.379 e. The van der Waals surface area contributed by atoms with Gasteiger partial charge in [0.05, 0.1) is 25.5 Å². The van der Waals surface area contributed by atoms with Crippen LogP contribution in [-0.4, -0.2) is 70.4 Å². The summed E-state index contributed by atoms with van der Waals surface area (Å²) in [6.07, 6.45) is 0.888. The maximum Gasteiger partial charge on any atom is 0.216 e. The van der Waals surface area contributed by atoms with Gasteiger partial charge in [-0.25, -0.2) is 8.42 Å². The first-order valence-corrected chi connectivity index (χ1v) is 11.2. The molecular formula is C19H32N4O3S. The van der Waals surface area contributed by atoms with Gasteiger partial charge in [-0.15, -0.1) is 0 Å². The molecule has 0 amide bonds. The Labute approximate surface area is 163 Å². The normalized spacial score (nSPS) is 16.3. The van der Waals surface area contributed by atoms with Gasteiger partial charge in [0.25, 0.3) is 0 Å². The first-order valence-electron chi connectivity index (χ1n) is 9.55. The Balaban J connectivity index is 1.84. The highest BCUT2D eigenvalue weighted by Gasteiger charge is 2.23. The lowest BCUT2D eigenvalue weighted by Crippen LogP contribution is -2.42. The number of aryl methyl sites for hydroxylation is 2. The van der Waals surface area contributed by atoms with E-state index in [2.05, 4.69) is 47.7 Å². The molecule has 27 heavy (non-hydrogen) atoms. The molecule has 152 valence electrons. The van der Waals surface area contributed by atoms with Crippen molar-refractivity contribution in [2.75, 3.05) is 51.7 Å². The molecule has 0 atom stereocenters. The van der Waals surface area contributed by atoms with E-state index in [0.717, 1.165) is 19.5 Å². The van der Waals surface area contributed by atoms with Crippen LogP contribution in [0.3, 0.4) is 0 Å². The smallest absolute Gasteiger partial charge is 0.216 e. The van der Waals surface area contributed by atoms with Crippen LogP contribution in [0.2, 0.25) is 0 Å².